The predicted octanol–water partition coefficient (Wildman–Crippen LogP) is 2.98. The molecule has 0 aliphatic heterocycles. The monoisotopic (exact) mass is 193 g/mol. The molecule has 0 unspecified atom stereocenters. The van der Waals surface area contributed by atoms with Gasteiger partial charge in [0.1, 0.15) is 0 Å². The van der Waals surface area contributed by atoms with E-state index in [0.29, 0.717) is 0 Å². The first-order valence-electron chi connectivity index (χ1n) is 4.58. The SMILES string of the molecule is FC(F)(F)/C=C\NC1CCCCC1. The van der Waals surface area contributed by atoms with Crippen LogP contribution in [0.1, 0.15) is 32.1 Å². The summed E-state index contributed by atoms with van der Waals surface area (Å²) in [5, 5.41) is 2.78. The maximum atomic E-state index is 11.7. The Bertz CT molecular complexity index is 168. The van der Waals surface area contributed by atoms with E-state index in [-0.39, 0.29) is 12.1 Å². The van der Waals surface area contributed by atoms with Gasteiger partial charge in [-0.25, -0.2) is 0 Å². The summed E-state index contributed by atoms with van der Waals surface area (Å²) < 4.78 is 35.0. The van der Waals surface area contributed by atoms with Crippen molar-refractivity contribution in [3.8, 4) is 0 Å². The molecule has 0 atom stereocenters. The largest absolute Gasteiger partial charge is 0.411 e. The van der Waals surface area contributed by atoms with Crippen LogP contribution in [0, 0.1) is 0 Å². The lowest BCUT2D eigenvalue weighted by Gasteiger charge is -2.21. The number of hydrogen-bond acceptors (Lipinski definition) is 1. The highest BCUT2D eigenvalue weighted by Gasteiger charge is 2.22. The molecule has 1 rings (SSSR count). The van der Waals surface area contributed by atoms with E-state index in [2.05, 4.69) is 5.32 Å². The normalized spacial score (nSPS) is 20.8. The van der Waals surface area contributed by atoms with Gasteiger partial charge in [0.25, 0.3) is 0 Å². The molecule has 0 radical (unpaired) electrons. The zero-order chi connectivity index (χ0) is 9.73. The molecule has 1 N–H and O–H groups in total. The van der Waals surface area contributed by atoms with E-state index < -0.39 is 6.18 Å². The molecule has 4 heteroatoms. The number of nitrogens with one attached hydrogen (secondary N) is 1. The Kier molecular flexibility index (Phi) is 3.63. The van der Waals surface area contributed by atoms with Crippen LogP contribution < -0.4 is 5.32 Å². The fourth-order valence-electron chi connectivity index (χ4n) is 1.55. The molecular formula is C9H14F3N. The van der Waals surface area contributed by atoms with Gasteiger partial charge in [-0.3, -0.25) is 0 Å². The van der Waals surface area contributed by atoms with Crippen molar-refractivity contribution in [2.24, 2.45) is 0 Å². The van der Waals surface area contributed by atoms with Crippen LogP contribution in [0.15, 0.2) is 12.3 Å². The van der Waals surface area contributed by atoms with Crippen LogP contribution in [-0.2, 0) is 0 Å². The topological polar surface area (TPSA) is 12.0 Å². The number of alkyl halides is 3. The van der Waals surface area contributed by atoms with E-state index in [9.17, 15) is 13.2 Å². The highest BCUT2D eigenvalue weighted by Crippen LogP contribution is 2.18. The third kappa shape index (κ3) is 4.80. The highest BCUT2D eigenvalue weighted by atomic mass is 19.4. The number of allylic oxidation sites excluding steroid dienone is 1. The predicted molar refractivity (Wildman–Crippen MR) is 45.2 cm³/mol. The summed E-state index contributed by atoms with van der Waals surface area (Å²) in [5.74, 6) is 0. The summed E-state index contributed by atoms with van der Waals surface area (Å²) >= 11 is 0. The van der Waals surface area contributed by atoms with E-state index in [1.165, 1.54) is 6.42 Å². The number of hydrogen-bond donors (Lipinski definition) is 1. The highest BCUT2D eigenvalue weighted by molar-refractivity contribution is 4.89. The van der Waals surface area contributed by atoms with Crippen molar-refractivity contribution in [2.45, 2.75) is 44.3 Å². The van der Waals surface area contributed by atoms with Gasteiger partial charge in [-0.1, -0.05) is 19.3 Å². The van der Waals surface area contributed by atoms with Crippen LogP contribution in [0.3, 0.4) is 0 Å². The average molecular weight is 193 g/mol. The summed E-state index contributed by atoms with van der Waals surface area (Å²) in [7, 11) is 0. The zero-order valence-electron chi connectivity index (χ0n) is 7.40. The van der Waals surface area contributed by atoms with Gasteiger partial charge in [0.05, 0.1) is 0 Å². The summed E-state index contributed by atoms with van der Waals surface area (Å²) in [6, 6.07) is 0.243. The lowest BCUT2D eigenvalue weighted by atomic mass is 9.96. The Hall–Kier alpha value is -0.670. The van der Waals surface area contributed by atoms with Crippen molar-refractivity contribution in [3.05, 3.63) is 12.3 Å². The second-order valence-corrected chi connectivity index (χ2v) is 3.38. The van der Waals surface area contributed by atoms with Crippen molar-refractivity contribution in [1.29, 1.82) is 0 Å². The third-order valence-electron chi connectivity index (χ3n) is 2.21. The molecule has 0 aromatic carbocycles. The third-order valence-corrected chi connectivity index (χ3v) is 2.21. The summed E-state index contributed by atoms with van der Waals surface area (Å²) in [5.41, 5.74) is 0. The van der Waals surface area contributed by atoms with Crippen LogP contribution in [0.25, 0.3) is 0 Å². The second-order valence-electron chi connectivity index (χ2n) is 3.38. The van der Waals surface area contributed by atoms with E-state index in [1.807, 2.05) is 0 Å². The second kappa shape index (κ2) is 4.53. The van der Waals surface area contributed by atoms with E-state index in [1.54, 1.807) is 0 Å². The molecule has 1 fully saturated rings. The molecule has 1 aliphatic carbocycles. The number of rotatable bonds is 2. The Balaban J connectivity index is 2.21. The van der Waals surface area contributed by atoms with E-state index in [4.69, 9.17) is 0 Å². The standard InChI is InChI=1S/C9H14F3N/c10-9(11,12)6-7-13-8-4-2-1-3-5-8/h6-8,13H,1-5H2/b7-6-. The van der Waals surface area contributed by atoms with Gasteiger partial charge in [0.15, 0.2) is 0 Å². The molecule has 1 nitrogen and oxygen atoms in total. The van der Waals surface area contributed by atoms with Crippen molar-refractivity contribution >= 4 is 0 Å². The Morgan fingerprint density at radius 2 is 1.69 bits per heavy atom. The molecule has 0 aromatic rings. The molecule has 0 amide bonds. The quantitative estimate of drug-likeness (QED) is 0.710. The van der Waals surface area contributed by atoms with Crippen molar-refractivity contribution < 1.29 is 13.2 Å². The molecule has 0 heterocycles. The van der Waals surface area contributed by atoms with Crippen LogP contribution in [0.4, 0.5) is 13.2 Å². The Labute approximate surface area is 76.0 Å². The van der Waals surface area contributed by atoms with Gasteiger partial charge < -0.3 is 5.32 Å². The molecule has 0 saturated heterocycles. The zero-order valence-corrected chi connectivity index (χ0v) is 7.40. The maximum Gasteiger partial charge on any atom is 0.411 e. The van der Waals surface area contributed by atoms with Gasteiger partial charge in [0.2, 0.25) is 0 Å². The van der Waals surface area contributed by atoms with Gasteiger partial charge in [-0.15, -0.1) is 0 Å². The summed E-state index contributed by atoms with van der Waals surface area (Å²) in [6.07, 6.45) is 2.51. The molecule has 0 spiro atoms. The fourth-order valence-corrected chi connectivity index (χ4v) is 1.55. The van der Waals surface area contributed by atoms with Crippen molar-refractivity contribution in [1.82, 2.24) is 5.32 Å². The molecule has 13 heavy (non-hydrogen) atoms. The van der Waals surface area contributed by atoms with Crippen LogP contribution >= 0.6 is 0 Å². The average Bonchev–Trinajstić information content (AvgIpc) is 2.04. The van der Waals surface area contributed by atoms with Gasteiger partial charge in [-0.2, -0.15) is 13.2 Å². The lowest BCUT2D eigenvalue weighted by molar-refractivity contribution is -0.0801. The maximum absolute atomic E-state index is 11.7. The first kappa shape index (κ1) is 10.4. The molecule has 76 valence electrons. The lowest BCUT2D eigenvalue weighted by Crippen LogP contribution is -2.26. The Morgan fingerprint density at radius 3 is 2.23 bits per heavy atom. The summed E-state index contributed by atoms with van der Waals surface area (Å²) in [6.45, 7) is 0. The fraction of sp³-hybridized carbons (Fsp3) is 0.778. The van der Waals surface area contributed by atoms with Crippen molar-refractivity contribution in [3.63, 3.8) is 0 Å². The molecule has 0 aromatic heterocycles. The molecule has 0 bridgehead atoms. The van der Waals surface area contributed by atoms with E-state index >= 15 is 0 Å². The molecule has 1 aliphatic rings. The van der Waals surface area contributed by atoms with Gasteiger partial charge in [0, 0.05) is 18.3 Å². The van der Waals surface area contributed by atoms with E-state index in [0.717, 1.165) is 31.9 Å². The minimum Gasteiger partial charge on any atom is -0.388 e. The van der Waals surface area contributed by atoms with Gasteiger partial charge in [-0.05, 0) is 12.8 Å². The molecular weight excluding hydrogens is 179 g/mol. The Morgan fingerprint density at radius 1 is 1.08 bits per heavy atom. The number of halogens is 3. The van der Waals surface area contributed by atoms with Crippen LogP contribution in [0.5, 0.6) is 0 Å². The summed E-state index contributed by atoms with van der Waals surface area (Å²) in [4.78, 5) is 0. The minimum atomic E-state index is -4.19. The minimum absolute atomic E-state index is 0.243. The van der Waals surface area contributed by atoms with Crippen LogP contribution in [-0.4, -0.2) is 12.2 Å². The van der Waals surface area contributed by atoms with Crippen LogP contribution in [0.2, 0.25) is 0 Å². The smallest absolute Gasteiger partial charge is 0.388 e. The van der Waals surface area contributed by atoms with Crippen molar-refractivity contribution in [2.75, 3.05) is 0 Å². The van der Waals surface area contributed by atoms with Gasteiger partial charge >= 0.3 is 6.18 Å². The first-order valence-corrected chi connectivity index (χ1v) is 4.58. The molecule has 1 saturated carbocycles. The first-order chi connectivity index (χ1) is 6.08.